The van der Waals surface area contributed by atoms with Crippen molar-refractivity contribution in [2.24, 2.45) is 5.92 Å². The fraction of sp³-hybridized carbons (Fsp3) is 0.200. The fourth-order valence-corrected chi connectivity index (χ4v) is 4.09. The van der Waals surface area contributed by atoms with E-state index in [1.54, 1.807) is 17.4 Å². The number of carbonyl (C=O) groups is 2. The molecule has 1 saturated heterocycles. The van der Waals surface area contributed by atoms with Crippen LogP contribution in [0.1, 0.15) is 12.8 Å². The molecule has 2 aromatic heterocycles. The lowest BCUT2D eigenvalue weighted by Crippen LogP contribution is -2.45. The number of urea groups is 1. The molecule has 33 heavy (non-hydrogen) atoms. The summed E-state index contributed by atoms with van der Waals surface area (Å²) in [6, 6.07) is 20.7. The van der Waals surface area contributed by atoms with Crippen LogP contribution in [-0.4, -0.2) is 44.5 Å². The van der Waals surface area contributed by atoms with E-state index in [4.69, 9.17) is 0 Å². The van der Waals surface area contributed by atoms with Gasteiger partial charge in [0.05, 0.1) is 28.8 Å². The number of amides is 3. The normalized spacial score (nSPS) is 15.9. The van der Waals surface area contributed by atoms with Gasteiger partial charge in [0.25, 0.3) is 0 Å². The van der Waals surface area contributed by atoms with E-state index in [9.17, 15) is 9.59 Å². The monoisotopic (exact) mass is 440 g/mol. The quantitative estimate of drug-likeness (QED) is 0.495. The van der Waals surface area contributed by atoms with Crippen LogP contribution in [0.5, 0.6) is 0 Å². The van der Waals surface area contributed by atoms with E-state index in [1.807, 2.05) is 71.3 Å². The number of carbonyl (C=O) groups excluding carboxylic acids is 2. The third-order valence-electron chi connectivity index (χ3n) is 5.82. The van der Waals surface area contributed by atoms with Crippen LogP contribution >= 0.6 is 0 Å². The number of anilines is 2. The van der Waals surface area contributed by atoms with Crippen LogP contribution in [0.15, 0.2) is 79.3 Å². The molecule has 1 aliphatic heterocycles. The van der Waals surface area contributed by atoms with Crippen molar-refractivity contribution >= 4 is 34.3 Å². The lowest BCUT2D eigenvalue weighted by Gasteiger charge is -2.32. The Morgan fingerprint density at radius 3 is 2.52 bits per heavy atom. The molecule has 8 nitrogen and oxygen atoms in total. The lowest BCUT2D eigenvalue weighted by molar-refractivity contribution is -0.121. The van der Waals surface area contributed by atoms with E-state index in [2.05, 4.69) is 20.6 Å². The zero-order valence-electron chi connectivity index (χ0n) is 18.0. The van der Waals surface area contributed by atoms with Gasteiger partial charge in [-0.15, -0.1) is 0 Å². The van der Waals surface area contributed by atoms with Gasteiger partial charge in [0.2, 0.25) is 5.91 Å². The number of para-hydroxylation sites is 3. The van der Waals surface area contributed by atoms with Gasteiger partial charge in [-0.3, -0.25) is 9.36 Å². The van der Waals surface area contributed by atoms with Crippen molar-refractivity contribution in [3.63, 3.8) is 0 Å². The van der Waals surface area contributed by atoms with Crippen LogP contribution in [0.4, 0.5) is 16.2 Å². The average Bonchev–Trinajstić information content (AvgIpc) is 3.29. The number of fused-ring (bicyclic) bond motifs is 1. The Morgan fingerprint density at radius 1 is 0.879 bits per heavy atom. The Hall–Kier alpha value is -4.20. The summed E-state index contributed by atoms with van der Waals surface area (Å²) in [5.41, 5.74) is 3.23. The summed E-state index contributed by atoms with van der Waals surface area (Å²) in [6.45, 7) is 1.02. The van der Waals surface area contributed by atoms with Crippen LogP contribution in [0, 0.1) is 5.92 Å². The van der Waals surface area contributed by atoms with Crippen molar-refractivity contribution in [3.05, 3.63) is 79.3 Å². The molecule has 3 amide bonds. The molecule has 4 aromatic rings. The minimum Gasteiger partial charge on any atom is -0.324 e. The second-order valence-electron chi connectivity index (χ2n) is 8.08. The molecule has 1 unspecified atom stereocenters. The van der Waals surface area contributed by atoms with Crippen LogP contribution in [0.3, 0.4) is 0 Å². The highest BCUT2D eigenvalue weighted by molar-refractivity contribution is 5.94. The smallest absolute Gasteiger partial charge is 0.321 e. The zero-order chi connectivity index (χ0) is 22.6. The molecule has 0 bridgehead atoms. The second-order valence-corrected chi connectivity index (χ2v) is 8.08. The van der Waals surface area contributed by atoms with Crippen molar-refractivity contribution in [3.8, 4) is 5.82 Å². The summed E-state index contributed by atoms with van der Waals surface area (Å²) in [5.74, 6) is 0.357. The first-order valence-corrected chi connectivity index (χ1v) is 11.0. The van der Waals surface area contributed by atoms with E-state index in [0.717, 1.165) is 35.4 Å². The van der Waals surface area contributed by atoms with Gasteiger partial charge in [0, 0.05) is 18.8 Å². The minimum absolute atomic E-state index is 0.102. The third-order valence-corrected chi connectivity index (χ3v) is 5.82. The first kappa shape index (κ1) is 20.7. The number of hydrogen-bond acceptors (Lipinski definition) is 4. The van der Waals surface area contributed by atoms with E-state index in [-0.39, 0.29) is 17.9 Å². The van der Waals surface area contributed by atoms with Gasteiger partial charge in [-0.25, -0.2) is 14.8 Å². The molecule has 0 spiro atoms. The molecule has 0 radical (unpaired) electrons. The Bertz CT molecular complexity index is 1270. The zero-order valence-corrected chi connectivity index (χ0v) is 18.0. The molecule has 0 saturated carbocycles. The Labute approximate surface area is 191 Å². The van der Waals surface area contributed by atoms with Gasteiger partial charge < -0.3 is 15.5 Å². The van der Waals surface area contributed by atoms with Gasteiger partial charge >= 0.3 is 6.03 Å². The number of nitrogens with zero attached hydrogens (tertiary/aromatic N) is 4. The number of hydrogen-bond donors (Lipinski definition) is 2. The fourth-order valence-electron chi connectivity index (χ4n) is 4.09. The third kappa shape index (κ3) is 4.55. The maximum absolute atomic E-state index is 12.9. The number of imidazole rings is 1. The van der Waals surface area contributed by atoms with Gasteiger partial charge in [0.1, 0.15) is 12.1 Å². The van der Waals surface area contributed by atoms with Crippen molar-refractivity contribution in [1.82, 2.24) is 19.4 Å². The molecule has 2 N–H and O–H groups in total. The Morgan fingerprint density at radius 2 is 1.70 bits per heavy atom. The average molecular weight is 441 g/mol. The van der Waals surface area contributed by atoms with E-state index < -0.39 is 0 Å². The highest BCUT2D eigenvalue weighted by Crippen LogP contribution is 2.21. The van der Waals surface area contributed by atoms with E-state index in [0.29, 0.717) is 18.8 Å². The van der Waals surface area contributed by atoms with Crippen molar-refractivity contribution < 1.29 is 9.59 Å². The predicted octanol–water partition coefficient (Wildman–Crippen LogP) is 4.30. The standard InChI is InChI=1S/C25H24N6O2/c32-24(18-7-6-14-30(16-18)25(33)29-19-8-2-1-3-9-19)28-20-12-13-23(26-15-20)31-17-27-21-10-4-5-11-22(21)31/h1-5,8-13,15,17-18H,6-7,14,16H2,(H,28,32)(H,29,33). The number of rotatable bonds is 4. The van der Waals surface area contributed by atoms with Gasteiger partial charge in [-0.2, -0.15) is 0 Å². The van der Waals surface area contributed by atoms with E-state index >= 15 is 0 Å². The maximum atomic E-state index is 12.9. The Kier molecular flexibility index (Phi) is 5.72. The van der Waals surface area contributed by atoms with E-state index in [1.165, 1.54) is 0 Å². The van der Waals surface area contributed by atoms with Crippen molar-refractivity contribution in [2.75, 3.05) is 23.7 Å². The highest BCUT2D eigenvalue weighted by atomic mass is 16.2. The van der Waals surface area contributed by atoms with Gasteiger partial charge in [-0.05, 0) is 49.2 Å². The van der Waals surface area contributed by atoms with Crippen molar-refractivity contribution in [1.29, 1.82) is 0 Å². The molecule has 1 aliphatic rings. The molecule has 8 heteroatoms. The van der Waals surface area contributed by atoms with Gasteiger partial charge in [0.15, 0.2) is 0 Å². The molecule has 5 rings (SSSR count). The number of pyridine rings is 1. The summed E-state index contributed by atoms with van der Waals surface area (Å²) in [7, 11) is 0. The number of aromatic nitrogens is 3. The van der Waals surface area contributed by atoms with Crippen LogP contribution in [-0.2, 0) is 4.79 Å². The van der Waals surface area contributed by atoms with Crippen LogP contribution in [0.2, 0.25) is 0 Å². The number of piperidine rings is 1. The van der Waals surface area contributed by atoms with Crippen molar-refractivity contribution in [2.45, 2.75) is 12.8 Å². The van der Waals surface area contributed by atoms with Gasteiger partial charge in [-0.1, -0.05) is 30.3 Å². The predicted molar refractivity (Wildman–Crippen MR) is 127 cm³/mol. The topological polar surface area (TPSA) is 92.2 Å². The SMILES string of the molecule is O=C(Nc1ccc(-n2cnc3ccccc32)nc1)C1CCCN(C(=O)Nc2ccccc2)C1. The molecular weight excluding hydrogens is 416 g/mol. The minimum atomic E-state index is -0.266. The summed E-state index contributed by atoms with van der Waals surface area (Å²) < 4.78 is 1.91. The molecule has 166 valence electrons. The number of likely N-dealkylation sites (tertiary alicyclic amines) is 1. The first-order chi connectivity index (χ1) is 16.2. The summed E-state index contributed by atoms with van der Waals surface area (Å²) in [5, 5.41) is 5.84. The molecule has 3 heterocycles. The molecule has 2 aromatic carbocycles. The molecule has 0 aliphatic carbocycles. The second kappa shape index (κ2) is 9.12. The summed E-state index contributed by atoms with van der Waals surface area (Å²) in [6.07, 6.45) is 4.91. The summed E-state index contributed by atoms with van der Waals surface area (Å²) in [4.78, 5) is 36.1. The highest BCUT2D eigenvalue weighted by Gasteiger charge is 2.28. The first-order valence-electron chi connectivity index (χ1n) is 11.0. The lowest BCUT2D eigenvalue weighted by atomic mass is 9.97. The number of benzene rings is 2. The van der Waals surface area contributed by atoms with Crippen LogP contribution < -0.4 is 10.6 Å². The maximum Gasteiger partial charge on any atom is 0.321 e. The molecule has 1 atom stereocenters. The number of nitrogens with one attached hydrogen (secondary N) is 2. The Balaban J connectivity index is 1.21. The largest absolute Gasteiger partial charge is 0.324 e. The summed E-state index contributed by atoms with van der Waals surface area (Å²) >= 11 is 0. The molecule has 1 fully saturated rings. The van der Waals surface area contributed by atoms with Crippen LogP contribution in [0.25, 0.3) is 16.9 Å². The molecular formula is C25H24N6O2.